The molecule has 2 N–H and O–H groups in total. The number of ether oxygens (including phenoxy) is 1. The number of fused-ring (bicyclic) bond motifs is 1. The summed E-state index contributed by atoms with van der Waals surface area (Å²) < 4.78 is 47.0. The van der Waals surface area contributed by atoms with Crippen LogP contribution < -0.4 is 5.73 Å². The molecule has 0 saturated carbocycles. The van der Waals surface area contributed by atoms with Crippen LogP contribution in [0.3, 0.4) is 0 Å². The Morgan fingerprint density at radius 3 is 2.78 bits per heavy atom. The molecule has 2 aliphatic heterocycles. The van der Waals surface area contributed by atoms with Crippen LogP contribution in [0, 0.1) is 11.6 Å². The summed E-state index contributed by atoms with van der Waals surface area (Å²) in [5.41, 5.74) is 8.40. The van der Waals surface area contributed by atoms with Crippen molar-refractivity contribution in [2.75, 3.05) is 12.9 Å². The number of imidazole rings is 1. The first-order valence-electron chi connectivity index (χ1n) is 8.79. The summed E-state index contributed by atoms with van der Waals surface area (Å²) in [4.78, 5) is 6.72. The number of nitrogens with two attached hydrogens (primary N) is 1. The summed E-state index contributed by atoms with van der Waals surface area (Å²) in [5.74, 6) is -1.01. The third kappa shape index (κ3) is 3.33. The van der Waals surface area contributed by atoms with Gasteiger partial charge in [-0.15, -0.1) is 0 Å². The number of hydrogen-bond acceptors (Lipinski definition) is 5. The predicted molar refractivity (Wildman–Crippen MR) is 96.2 cm³/mol. The Labute approximate surface area is 158 Å². The second kappa shape index (κ2) is 7.05. The second-order valence-electron chi connectivity index (χ2n) is 7.18. The van der Waals surface area contributed by atoms with Crippen LogP contribution in [0.1, 0.15) is 29.5 Å². The molecule has 1 aromatic carbocycles. The monoisotopic (exact) mass is 396 g/mol. The molecule has 1 aromatic heterocycles. The van der Waals surface area contributed by atoms with Crippen molar-refractivity contribution < 1.29 is 17.7 Å². The van der Waals surface area contributed by atoms with Crippen LogP contribution in [0.25, 0.3) is 0 Å². The molecule has 0 aliphatic carbocycles. The minimum absolute atomic E-state index is 0.0673. The van der Waals surface area contributed by atoms with Crippen molar-refractivity contribution in [3.05, 3.63) is 46.8 Å². The average molecular weight is 396 g/mol. The Kier molecular flexibility index (Phi) is 4.87. The molecular formula is C18H22F2N4O2S. The molecule has 1 fully saturated rings. The van der Waals surface area contributed by atoms with E-state index in [-0.39, 0.29) is 11.6 Å². The quantitative estimate of drug-likeness (QED) is 0.853. The molecule has 0 amide bonds. The average Bonchev–Trinajstić information content (AvgIpc) is 3.17. The largest absolute Gasteiger partial charge is 0.370 e. The highest BCUT2D eigenvalue weighted by atomic mass is 32.2. The Hall–Kier alpha value is -1.68. The highest BCUT2D eigenvalue weighted by Crippen LogP contribution is 2.34. The molecule has 4 atom stereocenters. The number of rotatable bonds is 3. The van der Waals surface area contributed by atoms with Gasteiger partial charge in [0.05, 0.1) is 28.8 Å². The molecule has 0 radical (unpaired) electrons. The van der Waals surface area contributed by atoms with Gasteiger partial charge in [0, 0.05) is 44.0 Å². The van der Waals surface area contributed by atoms with E-state index in [4.69, 9.17) is 10.5 Å². The lowest BCUT2D eigenvalue weighted by molar-refractivity contribution is -0.0535. The highest BCUT2D eigenvalue weighted by Gasteiger charge is 2.38. The first-order valence-corrected chi connectivity index (χ1v) is 10.3. The zero-order valence-electron chi connectivity index (χ0n) is 15.2. The van der Waals surface area contributed by atoms with Gasteiger partial charge in [-0.3, -0.25) is 9.11 Å². The van der Waals surface area contributed by atoms with Crippen LogP contribution in [0.2, 0.25) is 0 Å². The first-order chi connectivity index (χ1) is 12.8. The molecule has 4 rings (SSSR count). The molecule has 0 spiro atoms. The van der Waals surface area contributed by atoms with Crippen LogP contribution in [-0.2, 0) is 35.7 Å². The zero-order chi connectivity index (χ0) is 19.3. The molecule has 146 valence electrons. The third-order valence-corrected chi connectivity index (χ3v) is 6.28. The minimum atomic E-state index is -1.13. The summed E-state index contributed by atoms with van der Waals surface area (Å²) in [6.07, 6.45) is 1.57. The van der Waals surface area contributed by atoms with E-state index < -0.39 is 34.6 Å². The van der Waals surface area contributed by atoms with Gasteiger partial charge in [0.15, 0.2) is 5.16 Å². The molecule has 1 saturated heterocycles. The molecule has 9 heteroatoms. The van der Waals surface area contributed by atoms with Crippen LogP contribution in [0.15, 0.2) is 23.4 Å². The topological polar surface area (TPSA) is 73.4 Å². The number of nitrogens with zero attached hydrogens (tertiary/aromatic N) is 3. The summed E-state index contributed by atoms with van der Waals surface area (Å²) >= 11 is 0. The van der Waals surface area contributed by atoms with Crippen LogP contribution >= 0.6 is 0 Å². The van der Waals surface area contributed by atoms with E-state index in [1.807, 2.05) is 11.6 Å². The third-order valence-electron chi connectivity index (χ3n) is 5.40. The van der Waals surface area contributed by atoms with E-state index in [0.717, 1.165) is 29.6 Å². The number of aromatic nitrogens is 2. The predicted octanol–water partition coefficient (Wildman–Crippen LogP) is 1.61. The van der Waals surface area contributed by atoms with Gasteiger partial charge in [0.25, 0.3) is 0 Å². The van der Waals surface area contributed by atoms with Gasteiger partial charge in [-0.1, -0.05) is 0 Å². The molecule has 0 bridgehead atoms. The maximum atomic E-state index is 14.1. The molecule has 2 aliphatic rings. The lowest BCUT2D eigenvalue weighted by Gasteiger charge is -2.38. The van der Waals surface area contributed by atoms with Gasteiger partial charge in [-0.05, 0) is 24.6 Å². The minimum Gasteiger partial charge on any atom is -0.370 e. The Morgan fingerprint density at radius 2 is 2.11 bits per heavy atom. The summed E-state index contributed by atoms with van der Waals surface area (Å²) in [6.45, 7) is 1.70. The van der Waals surface area contributed by atoms with E-state index in [2.05, 4.69) is 9.88 Å². The van der Waals surface area contributed by atoms with Crippen molar-refractivity contribution in [3.63, 3.8) is 0 Å². The van der Waals surface area contributed by atoms with Gasteiger partial charge < -0.3 is 15.0 Å². The summed E-state index contributed by atoms with van der Waals surface area (Å²) in [7, 11) is 0.746. The second-order valence-corrected chi connectivity index (χ2v) is 8.45. The highest BCUT2D eigenvalue weighted by molar-refractivity contribution is 7.84. The van der Waals surface area contributed by atoms with Gasteiger partial charge >= 0.3 is 0 Å². The molecule has 1 unspecified atom stereocenters. The Balaban J connectivity index is 1.46. The maximum absolute atomic E-state index is 14.1. The van der Waals surface area contributed by atoms with Crippen molar-refractivity contribution in [2.45, 2.75) is 42.9 Å². The lowest BCUT2D eigenvalue weighted by Crippen LogP contribution is -2.47. The van der Waals surface area contributed by atoms with Gasteiger partial charge in [-0.2, -0.15) is 0 Å². The smallest absolute Gasteiger partial charge is 0.199 e. The Morgan fingerprint density at radius 1 is 1.33 bits per heavy atom. The van der Waals surface area contributed by atoms with E-state index in [1.165, 1.54) is 0 Å². The Bertz CT molecular complexity index is 904. The summed E-state index contributed by atoms with van der Waals surface area (Å²) in [6, 6.07) is 2.97. The van der Waals surface area contributed by atoms with E-state index in [1.54, 1.807) is 6.26 Å². The fraction of sp³-hybridized carbons (Fsp3) is 0.500. The van der Waals surface area contributed by atoms with E-state index >= 15 is 0 Å². The molecule has 6 nitrogen and oxygen atoms in total. The van der Waals surface area contributed by atoms with Gasteiger partial charge in [0.2, 0.25) is 0 Å². The number of halogens is 2. The fourth-order valence-electron chi connectivity index (χ4n) is 4.00. The van der Waals surface area contributed by atoms with E-state index in [9.17, 15) is 13.0 Å². The van der Waals surface area contributed by atoms with Crippen LogP contribution in [0.5, 0.6) is 0 Å². The van der Waals surface area contributed by atoms with Crippen molar-refractivity contribution in [3.8, 4) is 0 Å². The molecule has 27 heavy (non-hydrogen) atoms. The van der Waals surface area contributed by atoms with Crippen LogP contribution in [0.4, 0.5) is 8.78 Å². The standard InChI is InChI=1S/C18H22F2N4O2S/c1-23-16-8-24(7-15(16)22-18(23)27(2)25)11-6-14(21)17(26-9-11)12-5-10(19)3-4-13(12)20/h3-5,11,14,17H,6-9,21H2,1-2H3/t11-,14+,17-,27?/m1/s1. The summed E-state index contributed by atoms with van der Waals surface area (Å²) in [5, 5.41) is 0.581. The maximum Gasteiger partial charge on any atom is 0.199 e. The molecular weight excluding hydrogens is 374 g/mol. The molecule has 2 aromatic rings. The van der Waals surface area contributed by atoms with Crippen LogP contribution in [-0.4, -0.2) is 43.6 Å². The van der Waals surface area contributed by atoms with Gasteiger partial charge in [0.1, 0.15) is 17.7 Å². The SMILES string of the molecule is Cn1c(S(C)=O)nc2c1CN([C@H]1CO[C@H](c3cc(F)ccc3F)[C@@H](N)C1)C2. The molecule has 3 heterocycles. The van der Waals surface area contributed by atoms with Crippen molar-refractivity contribution in [2.24, 2.45) is 12.8 Å². The zero-order valence-corrected chi connectivity index (χ0v) is 16.0. The van der Waals surface area contributed by atoms with Gasteiger partial charge in [-0.25, -0.2) is 13.8 Å². The van der Waals surface area contributed by atoms with Crippen molar-refractivity contribution >= 4 is 10.8 Å². The van der Waals surface area contributed by atoms with E-state index in [0.29, 0.717) is 31.3 Å². The number of hydrogen-bond donors (Lipinski definition) is 1. The lowest BCUT2D eigenvalue weighted by atomic mass is 9.93. The van der Waals surface area contributed by atoms with Crippen molar-refractivity contribution in [1.82, 2.24) is 14.5 Å². The number of benzene rings is 1. The first kappa shape index (κ1) is 18.7. The fourth-order valence-corrected chi connectivity index (χ4v) is 4.73. The normalized spacial score (nSPS) is 26.9. The van der Waals surface area contributed by atoms with Crippen molar-refractivity contribution in [1.29, 1.82) is 0 Å².